The van der Waals surface area contributed by atoms with Gasteiger partial charge in [-0.1, -0.05) is 63.0 Å². The van der Waals surface area contributed by atoms with Crippen LogP contribution in [-0.4, -0.2) is 61.8 Å². The van der Waals surface area contributed by atoms with E-state index in [9.17, 15) is 14.0 Å². The van der Waals surface area contributed by atoms with Gasteiger partial charge in [-0.2, -0.15) is 0 Å². The third kappa shape index (κ3) is 11.5. The number of aliphatic hydroxyl groups is 2. The zero-order valence-electron chi connectivity index (χ0n) is 26.0. The van der Waals surface area contributed by atoms with E-state index in [4.69, 9.17) is 29.2 Å². The molecule has 0 heterocycles. The molecule has 0 bridgehead atoms. The highest BCUT2D eigenvalue weighted by Gasteiger charge is 2.11. The van der Waals surface area contributed by atoms with Crippen LogP contribution in [0.2, 0.25) is 0 Å². The Kier molecular flexibility index (Phi) is 14.5. The van der Waals surface area contributed by atoms with E-state index >= 15 is 0 Å². The number of carbonyl (C=O) groups is 2. The van der Waals surface area contributed by atoms with E-state index in [2.05, 4.69) is 31.9 Å². The van der Waals surface area contributed by atoms with Gasteiger partial charge in [0.05, 0.1) is 24.4 Å². The Balaban J connectivity index is 1.72. The van der Waals surface area contributed by atoms with Crippen molar-refractivity contribution >= 4 is 11.9 Å². The topological polar surface area (TPSA) is 112 Å². The molecule has 46 heavy (non-hydrogen) atoms. The number of aliphatic hydroxyl groups excluding tert-OH is 2. The Morgan fingerprint density at radius 3 is 1.78 bits per heavy atom. The Labute approximate surface area is 269 Å². The first-order chi connectivity index (χ1) is 22.2. The normalized spacial score (nSPS) is 10.3. The molecule has 2 N–H and O–H groups in total. The molecule has 0 saturated heterocycles. The summed E-state index contributed by atoms with van der Waals surface area (Å²) in [5.41, 5.74) is 3.53. The minimum Gasteiger partial charge on any atom is -0.490 e. The van der Waals surface area contributed by atoms with Crippen LogP contribution in [0.1, 0.15) is 42.9 Å². The lowest BCUT2D eigenvalue weighted by atomic mass is 10.0. The molecule has 0 saturated carbocycles. The van der Waals surface area contributed by atoms with Crippen molar-refractivity contribution < 1.29 is 43.1 Å². The molecule has 3 aromatic rings. The van der Waals surface area contributed by atoms with Gasteiger partial charge in [-0.3, -0.25) is 0 Å². The second-order valence-corrected chi connectivity index (χ2v) is 10.3. The molecule has 0 unspecified atom stereocenters. The van der Waals surface area contributed by atoms with Gasteiger partial charge in [0.25, 0.3) is 0 Å². The van der Waals surface area contributed by atoms with Crippen molar-refractivity contribution in [2.45, 2.75) is 32.6 Å². The molecule has 3 aromatic carbocycles. The first kappa shape index (κ1) is 35.6. The average molecular weight is 631 g/mol. The number of hydrogen-bond acceptors (Lipinski definition) is 8. The highest BCUT2D eigenvalue weighted by molar-refractivity contribution is 5.88. The van der Waals surface area contributed by atoms with Crippen molar-refractivity contribution in [1.82, 2.24) is 0 Å². The van der Waals surface area contributed by atoms with Crippen LogP contribution in [-0.2, 0) is 25.5 Å². The fraction of sp³-hybridized carbons (Fsp3) is 0.297. The third-order valence-electron chi connectivity index (χ3n) is 6.68. The lowest BCUT2D eigenvalue weighted by Crippen LogP contribution is -2.15. The molecule has 0 atom stereocenters. The van der Waals surface area contributed by atoms with Crippen LogP contribution < -0.4 is 9.47 Å². The number of ether oxygens (including phenoxy) is 4. The second-order valence-electron chi connectivity index (χ2n) is 10.3. The molecule has 0 spiro atoms. The molecule has 9 heteroatoms. The molecule has 0 aliphatic heterocycles. The van der Waals surface area contributed by atoms with E-state index in [1.807, 2.05) is 30.3 Å². The van der Waals surface area contributed by atoms with Crippen LogP contribution in [0.5, 0.6) is 11.5 Å². The zero-order valence-corrected chi connectivity index (χ0v) is 26.0. The van der Waals surface area contributed by atoms with Gasteiger partial charge in [-0.15, -0.1) is 0 Å². The SMILES string of the molecule is C=C(CO)C(=O)OCCOc1cc(OCCOC(=O)C(=C)CO)cc(-c2ccc(C#Cc3ccc(CCCCC)c(F)c3)cc2)c1. The van der Waals surface area contributed by atoms with Crippen molar-refractivity contribution in [3.8, 4) is 34.5 Å². The highest BCUT2D eigenvalue weighted by atomic mass is 19.1. The summed E-state index contributed by atoms with van der Waals surface area (Å²) in [5.74, 6) is 5.31. The highest BCUT2D eigenvalue weighted by Crippen LogP contribution is 2.30. The van der Waals surface area contributed by atoms with Gasteiger partial charge in [0.15, 0.2) is 0 Å². The number of aryl methyl sites for hydroxylation is 1. The van der Waals surface area contributed by atoms with E-state index < -0.39 is 25.2 Å². The number of unbranched alkanes of at least 4 members (excludes halogenated alkanes) is 2. The number of rotatable bonds is 17. The fourth-order valence-corrected chi connectivity index (χ4v) is 4.11. The Morgan fingerprint density at radius 2 is 1.26 bits per heavy atom. The Morgan fingerprint density at radius 1 is 0.717 bits per heavy atom. The number of esters is 2. The maximum absolute atomic E-state index is 14.5. The fourth-order valence-electron chi connectivity index (χ4n) is 4.11. The van der Waals surface area contributed by atoms with E-state index in [0.29, 0.717) is 22.6 Å². The van der Waals surface area contributed by atoms with Crippen molar-refractivity contribution in [3.05, 3.63) is 107 Å². The summed E-state index contributed by atoms with van der Waals surface area (Å²) in [6, 6.07) is 17.8. The quantitative estimate of drug-likeness (QED) is 0.0863. The summed E-state index contributed by atoms with van der Waals surface area (Å²) in [6.07, 6.45) is 3.84. The second kappa shape index (κ2) is 18.8. The van der Waals surface area contributed by atoms with Gasteiger partial charge in [-0.05, 0) is 65.9 Å². The third-order valence-corrected chi connectivity index (χ3v) is 6.68. The number of benzene rings is 3. The lowest BCUT2D eigenvalue weighted by molar-refractivity contribution is -0.141. The van der Waals surface area contributed by atoms with E-state index in [0.717, 1.165) is 42.4 Å². The predicted octanol–water partition coefficient (Wildman–Crippen LogP) is 5.57. The Hall–Kier alpha value is -4.91. The molecular formula is C37H39FO8. The lowest BCUT2D eigenvalue weighted by Gasteiger charge is -2.13. The van der Waals surface area contributed by atoms with Crippen LogP contribution in [0.25, 0.3) is 11.1 Å². The largest absolute Gasteiger partial charge is 0.490 e. The summed E-state index contributed by atoms with van der Waals surface area (Å²) in [7, 11) is 0. The molecule has 8 nitrogen and oxygen atoms in total. The monoisotopic (exact) mass is 630 g/mol. The van der Waals surface area contributed by atoms with E-state index in [1.54, 1.807) is 24.3 Å². The standard InChI is InChI=1S/C37H39FO8/c1-4-5-6-7-31-15-12-29(20-35(31)38)9-8-28-10-13-30(14-11-28)32-21-33(43-16-18-45-36(41)26(2)24-39)23-34(22-32)44-17-19-46-37(42)27(3)25-40/h10-15,20-23,39-40H,2-7,16-19,24-25H2,1H3. The first-order valence-corrected chi connectivity index (χ1v) is 15.0. The van der Waals surface area contributed by atoms with Crippen LogP contribution in [0, 0.1) is 17.7 Å². The minimum atomic E-state index is -0.713. The molecule has 0 radical (unpaired) electrons. The van der Waals surface area contributed by atoms with Crippen LogP contribution >= 0.6 is 0 Å². The molecule has 0 aliphatic carbocycles. The molecule has 242 valence electrons. The van der Waals surface area contributed by atoms with Crippen LogP contribution in [0.4, 0.5) is 4.39 Å². The van der Waals surface area contributed by atoms with E-state index in [-0.39, 0.29) is 43.4 Å². The van der Waals surface area contributed by atoms with Crippen molar-refractivity contribution in [1.29, 1.82) is 0 Å². The summed E-state index contributed by atoms with van der Waals surface area (Å²) in [6.45, 7) is 7.90. The van der Waals surface area contributed by atoms with Gasteiger partial charge in [-0.25, -0.2) is 14.0 Å². The van der Waals surface area contributed by atoms with Gasteiger partial charge in [0.1, 0.15) is 43.7 Å². The molecule has 0 aliphatic rings. The predicted molar refractivity (Wildman–Crippen MR) is 173 cm³/mol. The molecular weight excluding hydrogens is 591 g/mol. The van der Waals surface area contributed by atoms with Gasteiger partial charge in [0.2, 0.25) is 0 Å². The smallest absolute Gasteiger partial charge is 0.335 e. The average Bonchev–Trinajstić information content (AvgIpc) is 3.07. The molecule has 0 aromatic heterocycles. The van der Waals surface area contributed by atoms with Crippen molar-refractivity contribution in [2.24, 2.45) is 0 Å². The number of halogens is 1. The summed E-state index contributed by atoms with van der Waals surface area (Å²) in [4.78, 5) is 23.4. The van der Waals surface area contributed by atoms with Crippen molar-refractivity contribution in [3.63, 3.8) is 0 Å². The zero-order chi connectivity index (χ0) is 33.3. The van der Waals surface area contributed by atoms with Crippen molar-refractivity contribution in [2.75, 3.05) is 39.6 Å². The number of carbonyl (C=O) groups excluding carboxylic acids is 2. The first-order valence-electron chi connectivity index (χ1n) is 15.0. The maximum Gasteiger partial charge on any atom is 0.335 e. The summed E-state index contributed by atoms with van der Waals surface area (Å²) in [5, 5.41) is 18.0. The Bertz CT molecular complexity index is 1510. The minimum absolute atomic E-state index is 0.0308. The van der Waals surface area contributed by atoms with Gasteiger partial charge >= 0.3 is 11.9 Å². The van der Waals surface area contributed by atoms with E-state index in [1.165, 1.54) is 6.07 Å². The maximum atomic E-state index is 14.5. The van der Waals surface area contributed by atoms with Crippen LogP contribution in [0.3, 0.4) is 0 Å². The summed E-state index contributed by atoms with van der Waals surface area (Å²) >= 11 is 0. The molecule has 3 rings (SSSR count). The summed E-state index contributed by atoms with van der Waals surface area (Å²) < 4.78 is 36.2. The number of hydrogen-bond donors (Lipinski definition) is 2. The molecule has 0 amide bonds. The van der Waals surface area contributed by atoms with Gasteiger partial charge in [0, 0.05) is 17.2 Å². The van der Waals surface area contributed by atoms with Gasteiger partial charge < -0.3 is 29.2 Å². The van der Waals surface area contributed by atoms with Crippen LogP contribution in [0.15, 0.2) is 85.0 Å². The molecule has 0 fully saturated rings.